The van der Waals surface area contributed by atoms with Gasteiger partial charge in [0.25, 0.3) is 5.69 Å². The van der Waals surface area contributed by atoms with Crippen LogP contribution in [-0.4, -0.2) is 22.5 Å². The van der Waals surface area contributed by atoms with Crippen LogP contribution in [0, 0.1) is 17.0 Å². The topological polar surface area (TPSA) is 55.2 Å². The fourth-order valence-corrected chi connectivity index (χ4v) is 3.07. The second kappa shape index (κ2) is 5.40. The lowest BCUT2D eigenvalue weighted by molar-refractivity contribution is -0.384. The van der Waals surface area contributed by atoms with Crippen molar-refractivity contribution in [1.29, 1.82) is 0 Å². The molecule has 0 saturated carbocycles. The van der Waals surface area contributed by atoms with Crippen LogP contribution in [0.25, 0.3) is 0 Å². The van der Waals surface area contributed by atoms with E-state index in [0.29, 0.717) is 11.7 Å². The van der Waals surface area contributed by atoms with Gasteiger partial charge in [-0.2, -0.15) is 11.8 Å². The second-order valence-electron chi connectivity index (χ2n) is 4.34. The summed E-state index contributed by atoms with van der Waals surface area (Å²) in [5.41, 5.74) is 1.87. The zero-order chi connectivity index (χ0) is 12.3. The molecule has 2 rings (SSSR count). The number of nitro groups is 1. The highest BCUT2D eigenvalue weighted by molar-refractivity contribution is 7.99. The van der Waals surface area contributed by atoms with Gasteiger partial charge in [-0.3, -0.25) is 10.1 Å². The quantitative estimate of drug-likeness (QED) is 0.663. The number of anilines is 1. The zero-order valence-electron chi connectivity index (χ0n) is 9.81. The first-order valence-electron chi connectivity index (χ1n) is 5.76. The third kappa shape index (κ3) is 3.12. The van der Waals surface area contributed by atoms with Crippen molar-refractivity contribution in [1.82, 2.24) is 0 Å². The standard InChI is InChI=1S/C12H16N2O2S/c1-9-4-5-12(14(15)16)11(7-9)13-10-3-2-6-17-8-10/h4-5,7,10,13H,2-3,6,8H2,1H3. The maximum atomic E-state index is 10.9. The molecule has 0 aromatic heterocycles. The number of thioether (sulfide) groups is 1. The summed E-state index contributed by atoms with van der Waals surface area (Å²) in [6.07, 6.45) is 2.28. The molecule has 1 atom stereocenters. The predicted octanol–water partition coefficient (Wildman–Crippen LogP) is 3.21. The van der Waals surface area contributed by atoms with E-state index in [1.165, 1.54) is 12.2 Å². The Morgan fingerprint density at radius 3 is 3.00 bits per heavy atom. The SMILES string of the molecule is Cc1ccc([N+](=O)[O-])c(NC2CCCSC2)c1. The van der Waals surface area contributed by atoms with E-state index >= 15 is 0 Å². The summed E-state index contributed by atoms with van der Waals surface area (Å²) in [7, 11) is 0. The molecule has 1 N–H and O–H groups in total. The molecule has 0 spiro atoms. The number of nitro benzene ring substituents is 1. The Morgan fingerprint density at radius 1 is 1.53 bits per heavy atom. The van der Waals surface area contributed by atoms with Crippen LogP contribution in [0.1, 0.15) is 18.4 Å². The van der Waals surface area contributed by atoms with Crippen molar-refractivity contribution in [3.8, 4) is 0 Å². The second-order valence-corrected chi connectivity index (χ2v) is 5.49. The van der Waals surface area contributed by atoms with Crippen molar-refractivity contribution < 1.29 is 4.92 Å². The van der Waals surface area contributed by atoms with Gasteiger partial charge in [0.15, 0.2) is 0 Å². The third-order valence-corrected chi connectivity index (χ3v) is 4.08. The van der Waals surface area contributed by atoms with Gasteiger partial charge in [0.2, 0.25) is 0 Å². The van der Waals surface area contributed by atoms with Gasteiger partial charge in [-0.1, -0.05) is 6.07 Å². The molecule has 1 aliphatic heterocycles. The molecule has 0 radical (unpaired) electrons. The van der Waals surface area contributed by atoms with Crippen LogP contribution >= 0.6 is 11.8 Å². The summed E-state index contributed by atoms with van der Waals surface area (Å²) in [4.78, 5) is 10.6. The molecule has 1 unspecified atom stereocenters. The van der Waals surface area contributed by atoms with Crippen LogP contribution < -0.4 is 5.32 Å². The van der Waals surface area contributed by atoms with Crippen molar-refractivity contribution in [2.45, 2.75) is 25.8 Å². The average Bonchev–Trinajstić information content (AvgIpc) is 2.30. The smallest absolute Gasteiger partial charge is 0.292 e. The van der Waals surface area contributed by atoms with Gasteiger partial charge in [-0.15, -0.1) is 0 Å². The Labute approximate surface area is 105 Å². The molecule has 1 saturated heterocycles. The first kappa shape index (κ1) is 12.2. The van der Waals surface area contributed by atoms with Gasteiger partial charge < -0.3 is 5.32 Å². The van der Waals surface area contributed by atoms with E-state index in [2.05, 4.69) is 5.32 Å². The van der Waals surface area contributed by atoms with Gasteiger partial charge in [0.05, 0.1) is 4.92 Å². The summed E-state index contributed by atoms with van der Waals surface area (Å²) in [5, 5.41) is 14.2. The van der Waals surface area contributed by atoms with Crippen LogP contribution in [0.3, 0.4) is 0 Å². The molecule has 4 nitrogen and oxygen atoms in total. The Morgan fingerprint density at radius 2 is 2.35 bits per heavy atom. The fourth-order valence-electron chi connectivity index (χ4n) is 2.00. The van der Waals surface area contributed by atoms with Crippen molar-refractivity contribution in [3.63, 3.8) is 0 Å². The summed E-state index contributed by atoms with van der Waals surface area (Å²) in [6.45, 7) is 1.95. The van der Waals surface area contributed by atoms with Gasteiger partial charge >= 0.3 is 0 Å². The molecule has 0 amide bonds. The Balaban J connectivity index is 2.17. The average molecular weight is 252 g/mol. The summed E-state index contributed by atoms with van der Waals surface area (Å²) < 4.78 is 0. The Bertz CT molecular complexity index is 417. The highest BCUT2D eigenvalue weighted by Gasteiger charge is 2.19. The molecule has 92 valence electrons. The number of rotatable bonds is 3. The Hall–Kier alpha value is -1.23. The normalized spacial score (nSPS) is 19.9. The summed E-state index contributed by atoms with van der Waals surface area (Å²) >= 11 is 1.91. The molecular weight excluding hydrogens is 236 g/mol. The zero-order valence-corrected chi connectivity index (χ0v) is 10.6. The molecule has 17 heavy (non-hydrogen) atoms. The van der Waals surface area contributed by atoms with Gasteiger partial charge in [-0.05, 0) is 37.1 Å². The summed E-state index contributed by atoms with van der Waals surface area (Å²) in [5.74, 6) is 2.24. The summed E-state index contributed by atoms with van der Waals surface area (Å²) in [6, 6.07) is 5.57. The monoisotopic (exact) mass is 252 g/mol. The Kier molecular flexibility index (Phi) is 3.89. The van der Waals surface area contributed by atoms with E-state index in [4.69, 9.17) is 0 Å². The van der Waals surface area contributed by atoms with Crippen LogP contribution in [0.15, 0.2) is 18.2 Å². The van der Waals surface area contributed by atoms with E-state index in [9.17, 15) is 10.1 Å². The van der Waals surface area contributed by atoms with Crippen LogP contribution in [0.4, 0.5) is 11.4 Å². The number of hydrogen-bond acceptors (Lipinski definition) is 4. The third-order valence-electron chi connectivity index (χ3n) is 2.87. The van der Waals surface area contributed by atoms with Gasteiger partial charge in [0.1, 0.15) is 5.69 Å². The molecule has 0 bridgehead atoms. The van der Waals surface area contributed by atoms with Gasteiger partial charge in [0, 0.05) is 17.9 Å². The molecule has 0 aliphatic carbocycles. The van der Waals surface area contributed by atoms with E-state index in [-0.39, 0.29) is 10.6 Å². The van der Waals surface area contributed by atoms with Crippen molar-refractivity contribution in [3.05, 3.63) is 33.9 Å². The lowest BCUT2D eigenvalue weighted by Gasteiger charge is -2.23. The number of hydrogen-bond donors (Lipinski definition) is 1. The van der Waals surface area contributed by atoms with E-state index in [1.807, 2.05) is 24.8 Å². The lowest BCUT2D eigenvalue weighted by Crippen LogP contribution is -2.26. The van der Waals surface area contributed by atoms with Crippen molar-refractivity contribution in [2.24, 2.45) is 0 Å². The molecule has 1 fully saturated rings. The van der Waals surface area contributed by atoms with Crippen molar-refractivity contribution in [2.75, 3.05) is 16.8 Å². The van der Waals surface area contributed by atoms with E-state index in [0.717, 1.165) is 17.7 Å². The highest BCUT2D eigenvalue weighted by atomic mass is 32.2. The molecule has 1 aromatic rings. The maximum absolute atomic E-state index is 10.9. The van der Waals surface area contributed by atoms with Crippen LogP contribution in [0.5, 0.6) is 0 Å². The lowest BCUT2D eigenvalue weighted by atomic mass is 10.1. The molecular formula is C12H16N2O2S. The van der Waals surface area contributed by atoms with E-state index < -0.39 is 0 Å². The largest absolute Gasteiger partial charge is 0.376 e. The predicted molar refractivity (Wildman–Crippen MR) is 71.8 cm³/mol. The molecule has 1 aliphatic rings. The highest BCUT2D eigenvalue weighted by Crippen LogP contribution is 2.28. The molecule has 1 heterocycles. The van der Waals surface area contributed by atoms with Gasteiger partial charge in [-0.25, -0.2) is 0 Å². The minimum atomic E-state index is -0.322. The minimum absolute atomic E-state index is 0.172. The number of benzene rings is 1. The first-order valence-corrected chi connectivity index (χ1v) is 6.91. The first-order chi connectivity index (χ1) is 8.16. The minimum Gasteiger partial charge on any atom is -0.376 e. The van der Waals surface area contributed by atoms with Crippen LogP contribution in [-0.2, 0) is 0 Å². The maximum Gasteiger partial charge on any atom is 0.292 e. The van der Waals surface area contributed by atoms with Crippen LogP contribution in [0.2, 0.25) is 0 Å². The fraction of sp³-hybridized carbons (Fsp3) is 0.500. The number of aryl methyl sites for hydroxylation is 1. The van der Waals surface area contributed by atoms with E-state index in [1.54, 1.807) is 12.1 Å². The van der Waals surface area contributed by atoms with Crippen molar-refractivity contribution >= 4 is 23.1 Å². The number of nitrogens with one attached hydrogen (secondary N) is 1. The molecule has 5 heteroatoms. The number of nitrogens with zero attached hydrogens (tertiary/aromatic N) is 1. The molecule has 1 aromatic carbocycles.